The van der Waals surface area contributed by atoms with Gasteiger partial charge in [0.2, 0.25) is 5.91 Å². The lowest BCUT2D eigenvalue weighted by atomic mass is 10.1. The summed E-state index contributed by atoms with van der Waals surface area (Å²) in [6.07, 6.45) is 1.66. The Hall–Kier alpha value is -2.21. The number of aromatic nitrogens is 1. The van der Waals surface area contributed by atoms with Crippen molar-refractivity contribution in [3.63, 3.8) is 0 Å². The van der Waals surface area contributed by atoms with Gasteiger partial charge in [-0.2, -0.15) is 0 Å². The molecule has 6 heteroatoms. The summed E-state index contributed by atoms with van der Waals surface area (Å²) >= 11 is 1.41. The van der Waals surface area contributed by atoms with Crippen molar-refractivity contribution >= 4 is 28.3 Å². The normalized spacial score (nSPS) is 10.3. The van der Waals surface area contributed by atoms with Gasteiger partial charge in [0.1, 0.15) is 0 Å². The van der Waals surface area contributed by atoms with Gasteiger partial charge in [0.05, 0.1) is 12.1 Å². The maximum absolute atomic E-state index is 10.9. The molecule has 1 aromatic heterocycles. The minimum Gasteiger partial charge on any atom is -0.481 e. The van der Waals surface area contributed by atoms with E-state index in [1.807, 2.05) is 29.6 Å². The van der Waals surface area contributed by atoms with Crippen LogP contribution < -0.4 is 5.32 Å². The molecule has 1 amide bonds. The number of carbonyl (C=O) groups is 2. The Bertz CT molecular complexity index is 635. The fourth-order valence-corrected chi connectivity index (χ4v) is 2.69. The molecule has 0 unspecified atom stereocenters. The molecule has 1 aromatic carbocycles. The first-order chi connectivity index (χ1) is 10.0. The van der Waals surface area contributed by atoms with E-state index in [0.717, 1.165) is 29.7 Å². The minimum atomic E-state index is -0.823. The van der Waals surface area contributed by atoms with E-state index in [1.54, 1.807) is 0 Å². The number of hydrogen-bond acceptors (Lipinski definition) is 4. The Morgan fingerprint density at radius 3 is 2.48 bits per heavy atom. The lowest BCUT2D eigenvalue weighted by Crippen LogP contribution is -2.05. The van der Waals surface area contributed by atoms with Gasteiger partial charge >= 0.3 is 5.97 Å². The van der Waals surface area contributed by atoms with Crippen molar-refractivity contribution in [1.29, 1.82) is 0 Å². The molecule has 0 aliphatic carbocycles. The molecule has 1 heterocycles. The van der Waals surface area contributed by atoms with E-state index >= 15 is 0 Å². The maximum Gasteiger partial charge on any atom is 0.307 e. The van der Waals surface area contributed by atoms with Crippen molar-refractivity contribution < 1.29 is 14.7 Å². The molecule has 110 valence electrons. The summed E-state index contributed by atoms with van der Waals surface area (Å²) in [5.41, 5.74) is 2.88. The molecule has 0 spiro atoms. The summed E-state index contributed by atoms with van der Waals surface area (Å²) in [7, 11) is 0. The lowest BCUT2D eigenvalue weighted by Gasteiger charge is -2.02. The van der Waals surface area contributed by atoms with Crippen molar-refractivity contribution in [3.05, 3.63) is 46.5 Å². The van der Waals surface area contributed by atoms with E-state index in [4.69, 9.17) is 5.11 Å². The zero-order valence-corrected chi connectivity index (χ0v) is 12.4. The Kier molecular flexibility index (Phi) is 5.05. The molecule has 0 saturated heterocycles. The van der Waals surface area contributed by atoms with Crippen LogP contribution in [0.5, 0.6) is 0 Å². The molecule has 2 N–H and O–H groups in total. The van der Waals surface area contributed by atoms with Crippen molar-refractivity contribution in [2.45, 2.75) is 26.2 Å². The van der Waals surface area contributed by atoms with Crippen LogP contribution in [-0.4, -0.2) is 22.0 Å². The van der Waals surface area contributed by atoms with Gasteiger partial charge in [-0.3, -0.25) is 9.59 Å². The first kappa shape index (κ1) is 15.2. The first-order valence-electron chi connectivity index (χ1n) is 6.54. The van der Waals surface area contributed by atoms with E-state index in [1.165, 1.54) is 18.3 Å². The number of rotatable bonds is 6. The quantitative estimate of drug-likeness (QED) is 0.859. The molecule has 0 aliphatic heterocycles. The van der Waals surface area contributed by atoms with Crippen molar-refractivity contribution in [1.82, 2.24) is 4.98 Å². The number of aryl methyl sites for hydroxylation is 2. The predicted molar refractivity (Wildman–Crippen MR) is 81.6 cm³/mol. The molecule has 5 nitrogen and oxygen atoms in total. The number of aliphatic carboxylic acids is 1. The van der Waals surface area contributed by atoms with Gasteiger partial charge in [0.25, 0.3) is 0 Å². The number of hydrogen-bond donors (Lipinski definition) is 2. The second kappa shape index (κ2) is 6.99. The Morgan fingerprint density at radius 2 is 1.86 bits per heavy atom. The number of nitrogens with one attached hydrogen (secondary N) is 1. The number of carbonyl (C=O) groups excluding carboxylic acids is 1. The summed E-state index contributed by atoms with van der Waals surface area (Å²) in [5.74, 6) is -0.944. The van der Waals surface area contributed by atoms with Crippen LogP contribution >= 0.6 is 11.3 Å². The van der Waals surface area contributed by atoms with E-state index in [9.17, 15) is 9.59 Å². The SMILES string of the molecule is CC(=O)Nc1nc(CCc2ccc(CC(=O)O)cc2)cs1. The van der Waals surface area contributed by atoms with Crippen LogP contribution in [0.25, 0.3) is 0 Å². The van der Waals surface area contributed by atoms with Gasteiger partial charge in [-0.25, -0.2) is 4.98 Å². The van der Waals surface area contributed by atoms with Crippen LogP contribution in [0.3, 0.4) is 0 Å². The Balaban J connectivity index is 1.89. The van der Waals surface area contributed by atoms with Crippen LogP contribution in [0.2, 0.25) is 0 Å². The molecular weight excluding hydrogens is 288 g/mol. The highest BCUT2D eigenvalue weighted by Gasteiger charge is 2.04. The maximum atomic E-state index is 10.9. The third-order valence-corrected chi connectivity index (χ3v) is 3.69. The van der Waals surface area contributed by atoms with E-state index < -0.39 is 5.97 Å². The zero-order chi connectivity index (χ0) is 15.2. The topological polar surface area (TPSA) is 79.3 Å². The summed E-state index contributed by atoms with van der Waals surface area (Å²) in [6, 6.07) is 7.57. The second-order valence-corrected chi connectivity index (χ2v) is 5.57. The average molecular weight is 304 g/mol. The molecule has 0 atom stereocenters. The molecule has 0 fully saturated rings. The number of carboxylic acids is 1. The molecule has 2 aromatic rings. The molecule has 0 radical (unpaired) electrons. The van der Waals surface area contributed by atoms with E-state index in [0.29, 0.717) is 5.13 Å². The summed E-state index contributed by atoms with van der Waals surface area (Å²) in [4.78, 5) is 25.9. The number of thiazole rings is 1. The van der Waals surface area contributed by atoms with Gasteiger partial charge < -0.3 is 10.4 Å². The first-order valence-corrected chi connectivity index (χ1v) is 7.42. The summed E-state index contributed by atoms with van der Waals surface area (Å²) in [5, 5.41) is 13.9. The molecular formula is C15H16N2O3S. The standard InChI is InChI=1S/C15H16N2O3S/c1-10(18)16-15-17-13(9-21-15)7-6-11-2-4-12(5-3-11)8-14(19)20/h2-5,9H,6-8H2,1H3,(H,19,20)(H,16,17,18). The van der Waals surface area contributed by atoms with E-state index in [-0.39, 0.29) is 12.3 Å². The van der Waals surface area contributed by atoms with Crippen LogP contribution in [0.15, 0.2) is 29.6 Å². The largest absolute Gasteiger partial charge is 0.481 e. The fraction of sp³-hybridized carbons (Fsp3) is 0.267. The van der Waals surface area contributed by atoms with Crippen LogP contribution in [0.4, 0.5) is 5.13 Å². The zero-order valence-electron chi connectivity index (χ0n) is 11.6. The smallest absolute Gasteiger partial charge is 0.307 e. The van der Waals surface area contributed by atoms with E-state index in [2.05, 4.69) is 10.3 Å². The highest BCUT2D eigenvalue weighted by atomic mass is 32.1. The minimum absolute atomic E-state index is 0.0481. The van der Waals surface area contributed by atoms with Gasteiger partial charge in [0, 0.05) is 12.3 Å². The lowest BCUT2D eigenvalue weighted by molar-refractivity contribution is -0.136. The molecule has 0 saturated carbocycles. The molecule has 0 bridgehead atoms. The van der Waals surface area contributed by atoms with Crippen LogP contribution in [0, 0.1) is 0 Å². The molecule has 0 aliphatic rings. The van der Waals surface area contributed by atoms with Crippen LogP contribution in [0.1, 0.15) is 23.7 Å². The average Bonchev–Trinajstić information content (AvgIpc) is 2.84. The van der Waals surface area contributed by atoms with Gasteiger partial charge in [-0.1, -0.05) is 24.3 Å². The third-order valence-electron chi connectivity index (χ3n) is 2.88. The Labute approximate surface area is 126 Å². The predicted octanol–water partition coefficient (Wildman–Crippen LogP) is 2.51. The monoisotopic (exact) mass is 304 g/mol. The highest BCUT2D eigenvalue weighted by Crippen LogP contribution is 2.17. The van der Waals surface area contributed by atoms with Gasteiger partial charge in [0.15, 0.2) is 5.13 Å². The van der Waals surface area contributed by atoms with Crippen molar-refractivity contribution in [2.75, 3.05) is 5.32 Å². The van der Waals surface area contributed by atoms with Crippen molar-refractivity contribution in [2.24, 2.45) is 0 Å². The fourth-order valence-electron chi connectivity index (χ4n) is 1.90. The Morgan fingerprint density at radius 1 is 1.19 bits per heavy atom. The van der Waals surface area contributed by atoms with Gasteiger partial charge in [-0.15, -0.1) is 11.3 Å². The number of benzene rings is 1. The molecule has 2 rings (SSSR count). The van der Waals surface area contributed by atoms with Gasteiger partial charge in [-0.05, 0) is 24.0 Å². The van der Waals surface area contributed by atoms with Crippen LogP contribution in [-0.2, 0) is 28.9 Å². The number of amides is 1. The number of anilines is 1. The number of carboxylic acid groups (broad SMARTS) is 1. The third kappa shape index (κ3) is 5.00. The second-order valence-electron chi connectivity index (χ2n) is 4.71. The summed E-state index contributed by atoms with van der Waals surface area (Å²) in [6.45, 7) is 1.46. The summed E-state index contributed by atoms with van der Waals surface area (Å²) < 4.78 is 0. The highest BCUT2D eigenvalue weighted by molar-refractivity contribution is 7.13. The number of nitrogens with zero attached hydrogens (tertiary/aromatic N) is 1. The molecule has 21 heavy (non-hydrogen) atoms. The van der Waals surface area contributed by atoms with Crippen molar-refractivity contribution in [3.8, 4) is 0 Å².